The first-order chi connectivity index (χ1) is 30.6. The van der Waals surface area contributed by atoms with Crippen LogP contribution in [0.15, 0.2) is 22.8 Å². The van der Waals surface area contributed by atoms with Crippen molar-refractivity contribution < 1.29 is 76.9 Å². The van der Waals surface area contributed by atoms with Gasteiger partial charge in [-0.25, -0.2) is 4.79 Å². The third-order valence-corrected chi connectivity index (χ3v) is 17.2. The molecule has 0 aromatic carbocycles. The van der Waals surface area contributed by atoms with E-state index in [4.69, 9.17) is 14.2 Å². The fraction of sp³-hybridized carbons (Fsp3) is 0.686. The minimum Gasteiger partial charge on any atom is -0.448 e. The number of rotatable bonds is 15. The van der Waals surface area contributed by atoms with E-state index >= 15 is 28.8 Å². The number of esters is 4. The lowest BCUT2D eigenvalue weighted by molar-refractivity contribution is -0.323. The quantitative estimate of drug-likeness (QED) is 0.0687. The summed E-state index contributed by atoms with van der Waals surface area (Å²) < 4.78 is 17.4. The second-order valence-electron chi connectivity index (χ2n) is 20.8. The Kier molecular flexibility index (Phi) is 14.4. The summed E-state index contributed by atoms with van der Waals surface area (Å²) in [7, 11) is 0. The number of ether oxygens (including phenoxy) is 3. The van der Waals surface area contributed by atoms with E-state index < -0.39 is 151 Å². The third-order valence-electron chi connectivity index (χ3n) is 17.2. The van der Waals surface area contributed by atoms with Crippen LogP contribution in [0.3, 0.4) is 0 Å². The molecule has 16 nitrogen and oxygen atoms in total. The summed E-state index contributed by atoms with van der Waals surface area (Å²) in [6, 6.07) is 0. The van der Waals surface area contributed by atoms with E-state index in [2.05, 4.69) is 0 Å². The van der Waals surface area contributed by atoms with Crippen molar-refractivity contribution in [1.29, 1.82) is 0 Å². The molecule has 4 aliphatic carbocycles. The van der Waals surface area contributed by atoms with Crippen molar-refractivity contribution in [3.8, 4) is 0 Å². The molecule has 67 heavy (non-hydrogen) atoms. The van der Waals surface area contributed by atoms with Gasteiger partial charge in [-0.05, 0) is 141 Å². The average molecular weight is 937 g/mol. The highest BCUT2D eigenvalue weighted by Gasteiger charge is 2.94. The standard InChI is InChI=1S/C51H68O16/c1-25(2)18-17-19-37(43(64)65-34(11)60)41-38-22-39(63)42-44(14,45(38,15)24-48(41,28(5)54)66-35(12)61)21-20-40-46(42,16)49(29(6)55,30(7)56)50(31(8)57,32(9)58)51(33(10)59,67-36(13)62)47(40,27(4)53)23-26(3)52/h18,38-40,42,63H,17,19-24H2,1-16H3/b41-37+/t38-,39-,40+,42-,44+,45+,46+,47-,48-,51+/m1/s1. The maximum atomic E-state index is 15.4. The molecule has 368 valence electrons. The van der Waals surface area contributed by atoms with E-state index in [1.165, 1.54) is 13.8 Å². The van der Waals surface area contributed by atoms with Crippen LogP contribution in [-0.4, -0.2) is 92.6 Å². The molecule has 4 aliphatic rings. The number of hydrogen-bond acceptors (Lipinski definition) is 16. The second-order valence-corrected chi connectivity index (χ2v) is 20.8. The normalized spacial score (nSPS) is 35.2. The van der Waals surface area contributed by atoms with Gasteiger partial charge in [-0.3, -0.25) is 52.7 Å². The first-order valence-electron chi connectivity index (χ1n) is 22.8. The minimum absolute atomic E-state index is 0.00733. The van der Waals surface area contributed by atoms with Crippen LogP contribution in [-0.2, 0) is 71.7 Å². The molecule has 4 rings (SSSR count). The molecular weight excluding hydrogens is 869 g/mol. The Bertz CT molecular complexity index is 2320. The van der Waals surface area contributed by atoms with Gasteiger partial charge in [0.15, 0.2) is 22.6 Å². The molecule has 10 atom stereocenters. The maximum absolute atomic E-state index is 15.4. The fourth-order valence-corrected chi connectivity index (χ4v) is 15.8. The predicted octanol–water partition coefficient (Wildman–Crippen LogP) is 5.63. The number of carbonyl (C=O) groups is 12. The van der Waals surface area contributed by atoms with Gasteiger partial charge in [-0.1, -0.05) is 32.4 Å². The van der Waals surface area contributed by atoms with Crippen molar-refractivity contribution in [2.45, 2.75) is 173 Å². The highest BCUT2D eigenvalue weighted by molar-refractivity contribution is 6.25. The Morgan fingerprint density at radius 3 is 1.52 bits per heavy atom. The molecule has 1 N–H and O–H groups in total. The summed E-state index contributed by atoms with van der Waals surface area (Å²) >= 11 is 0. The number of aliphatic hydroxyl groups excluding tert-OH is 1. The summed E-state index contributed by atoms with van der Waals surface area (Å²) in [5.74, 6) is -16.9. The molecule has 0 aromatic rings. The Hall–Kier alpha value is -5.12. The van der Waals surface area contributed by atoms with Gasteiger partial charge in [-0.15, -0.1) is 0 Å². The molecule has 0 radical (unpaired) electrons. The van der Waals surface area contributed by atoms with E-state index in [0.29, 0.717) is 0 Å². The van der Waals surface area contributed by atoms with Crippen molar-refractivity contribution >= 4 is 70.1 Å². The van der Waals surface area contributed by atoms with E-state index in [1.807, 2.05) is 19.9 Å². The smallest absolute Gasteiger partial charge is 0.341 e. The van der Waals surface area contributed by atoms with Crippen molar-refractivity contribution in [2.75, 3.05) is 0 Å². The molecule has 4 saturated carbocycles. The SMILES string of the molecule is CC(=O)C[C@@]1(C(C)=O)[C@H]2CC[C@@]3(C)[C@@H]([C@H](O)C[C@@H]4/C(=C(/CCC=C(C)C)C(=O)OC(C)=O)[C@](OC(C)=O)(C(C)=O)C[C@@]43C)[C@@]2(C)C(C(C)=O)(C(C)=O)C(C(C)=O)(C(C)=O)[C@]1(OC(C)=O)C(C)=O. The van der Waals surface area contributed by atoms with Gasteiger partial charge in [-0.2, -0.15) is 0 Å². The van der Waals surface area contributed by atoms with Crippen molar-refractivity contribution in [2.24, 2.45) is 50.2 Å². The Morgan fingerprint density at radius 1 is 0.627 bits per heavy atom. The zero-order valence-electron chi connectivity index (χ0n) is 41.9. The van der Waals surface area contributed by atoms with Gasteiger partial charge >= 0.3 is 23.9 Å². The lowest BCUT2D eigenvalue weighted by atomic mass is 9.21. The van der Waals surface area contributed by atoms with Gasteiger partial charge in [0, 0.05) is 39.2 Å². The van der Waals surface area contributed by atoms with Crippen LogP contribution in [0.25, 0.3) is 0 Å². The van der Waals surface area contributed by atoms with Crippen LogP contribution < -0.4 is 0 Å². The van der Waals surface area contributed by atoms with E-state index in [9.17, 15) is 33.9 Å². The summed E-state index contributed by atoms with van der Waals surface area (Å²) in [5.41, 5.74) is -19.1. The van der Waals surface area contributed by atoms with Crippen LogP contribution in [0, 0.1) is 50.2 Å². The van der Waals surface area contributed by atoms with Crippen LogP contribution in [0.1, 0.15) is 156 Å². The third kappa shape index (κ3) is 6.90. The highest BCUT2D eigenvalue weighted by atomic mass is 16.6. The number of fused-ring (bicyclic) bond motifs is 5. The zero-order valence-corrected chi connectivity index (χ0v) is 41.9. The monoisotopic (exact) mass is 936 g/mol. The molecule has 0 unspecified atom stereocenters. The van der Waals surface area contributed by atoms with Gasteiger partial charge < -0.3 is 19.3 Å². The van der Waals surface area contributed by atoms with E-state index in [0.717, 1.165) is 74.8 Å². The largest absolute Gasteiger partial charge is 0.448 e. The summed E-state index contributed by atoms with van der Waals surface area (Å²) in [4.78, 5) is 173. The maximum Gasteiger partial charge on any atom is 0.341 e. The van der Waals surface area contributed by atoms with E-state index in [1.54, 1.807) is 13.8 Å². The summed E-state index contributed by atoms with van der Waals surface area (Å²) in [5, 5.41) is 13.3. The molecule has 4 fully saturated rings. The van der Waals surface area contributed by atoms with Crippen molar-refractivity contribution in [3.63, 3.8) is 0 Å². The van der Waals surface area contributed by atoms with Crippen LogP contribution in [0.4, 0.5) is 0 Å². The molecule has 0 aliphatic heterocycles. The minimum atomic E-state index is -3.35. The molecule has 0 spiro atoms. The topological polar surface area (TPSA) is 253 Å². The molecule has 0 aromatic heterocycles. The number of carbonyl (C=O) groups excluding carboxylic acids is 12. The first-order valence-corrected chi connectivity index (χ1v) is 22.8. The van der Waals surface area contributed by atoms with Crippen molar-refractivity contribution in [3.05, 3.63) is 22.8 Å². The Morgan fingerprint density at radius 2 is 1.13 bits per heavy atom. The van der Waals surface area contributed by atoms with Crippen LogP contribution in [0.5, 0.6) is 0 Å². The predicted molar refractivity (Wildman–Crippen MR) is 238 cm³/mol. The first kappa shape index (κ1) is 54.5. The van der Waals surface area contributed by atoms with E-state index in [-0.39, 0.29) is 43.3 Å². The van der Waals surface area contributed by atoms with Crippen LogP contribution >= 0.6 is 0 Å². The highest BCUT2D eigenvalue weighted by Crippen LogP contribution is 2.84. The molecule has 0 heterocycles. The zero-order chi connectivity index (χ0) is 51.7. The van der Waals surface area contributed by atoms with Gasteiger partial charge in [0.1, 0.15) is 40.1 Å². The molecule has 0 bridgehead atoms. The number of allylic oxidation sites excluding steroid dienone is 2. The average Bonchev–Trinajstić information content (AvgIpc) is 3.40. The molecular formula is C51H68O16. The van der Waals surface area contributed by atoms with Crippen LogP contribution in [0.2, 0.25) is 0 Å². The second kappa shape index (κ2) is 17.8. The Balaban J connectivity index is 2.43. The lowest BCUT2D eigenvalue weighted by Crippen LogP contribution is -2.90. The number of aliphatic hydroxyl groups is 1. The fourth-order valence-electron chi connectivity index (χ4n) is 15.8. The lowest BCUT2D eigenvalue weighted by Gasteiger charge is -2.78. The molecule has 16 heteroatoms. The van der Waals surface area contributed by atoms with Gasteiger partial charge in [0.25, 0.3) is 0 Å². The summed E-state index contributed by atoms with van der Waals surface area (Å²) in [6.45, 7) is 19.3. The number of hydrogen-bond donors (Lipinski definition) is 1. The Labute approximate surface area is 392 Å². The van der Waals surface area contributed by atoms with Crippen molar-refractivity contribution in [1.82, 2.24) is 0 Å². The molecule has 0 saturated heterocycles. The van der Waals surface area contributed by atoms with Gasteiger partial charge in [0.05, 0.1) is 11.5 Å². The number of Topliss-reactive ketones (excluding diaryl/α,β-unsaturated/α-hetero) is 8. The molecule has 0 amide bonds. The van der Waals surface area contributed by atoms with Gasteiger partial charge in [0.2, 0.25) is 5.60 Å². The number of ketones is 8. The summed E-state index contributed by atoms with van der Waals surface area (Å²) in [6.07, 6.45) is -1.87.